The zero-order valence-corrected chi connectivity index (χ0v) is 9.61. The average molecular weight is 185 g/mol. The Morgan fingerprint density at radius 2 is 2.00 bits per heavy atom. The number of hydrogen-bond acceptors (Lipinski definition) is 2. The number of nitrogens with one attached hydrogen (secondary N) is 1. The molecule has 1 atom stereocenters. The van der Waals surface area contributed by atoms with Crippen molar-refractivity contribution in [1.82, 2.24) is 5.32 Å². The van der Waals surface area contributed by atoms with Crippen LogP contribution in [0.5, 0.6) is 0 Å². The van der Waals surface area contributed by atoms with Gasteiger partial charge in [-0.1, -0.05) is 19.1 Å². The lowest BCUT2D eigenvalue weighted by atomic mass is 9.93. The first kappa shape index (κ1) is 12.7. The molecule has 0 rings (SSSR count). The van der Waals surface area contributed by atoms with E-state index in [0.717, 1.165) is 18.7 Å². The molecule has 0 radical (unpaired) electrons. The maximum Gasteiger partial charge on any atom is 0.0816 e. The minimum Gasteiger partial charge on any atom is -0.374 e. The molecule has 2 nitrogen and oxygen atoms in total. The third-order valence-corrected chi connectivity index (χ3v) is 2.11. The smallest absolute Gasteiger partial charge is 0.0816 e. The van der Waals surface area contributed by atoms with E-state index in [1.807, 2.05) is 13.8 Å². The second kappa shape index (κ2) is 5.40. The largest absolute Gasteiger partial charge is 0.374 e. The molecule has 0 saturated carbocycles. The Bertz CT molecular complexity index is 163. The zero-order chi connectivity index (χ0) is 10.5. The lowest BCUT2D eigenvalue weighted by Crippen LogP contribution is -2.49. The van der Waals surface area contributed by atoms with Crippen LogP contribution < -0.4 is 5.32 Å². The second-order valence-electron chi connectivity index (χ2n) is 3.87. The van der Waals surface area contributed by atoms with Gasteiger partial charge in [0.1, 0.15) is 0 Å². The molecule has 0 aromatic rings. The molecule has 0 aliphatic carbocycles. The molecule has 0 amide bonds. The molecule has 1 unspecified atom stereocenters. The first-order chi connectivity index (χ1) is 5.95. The Morgan fingerprint density at radius 1 is 1.46 bits per heavy atom. The highest BCUT2D eigenvalue weighted by molar-refractivity contribution is 5.09. The van der Waals surface area contributed by atoms with Crippen LogP contribution in [0.4, 0.5) is 0 Å². The Morgan fingerprint density at radius 3 is 2.31 bits per heavy atom. The van der Waals surface area contributed by atoms with Gasteiger partial charge in [0.25, 0.3) is 0 Å². The van der Waals surface area contributed by atoms with Crippen LogP contribution in [0.15, 0.2) is 12.2 Å². The van der Waals surface area contributed by atoms with Gasteiger partial charge in [-0.3, -0.25) is 0 Å². The molecule has 1 N–H and O–H groups in total. The highest BCUT2D eigenvalue weighted by Gasteiger charge is 2.29. The van der Waals surface area contributed by atoms with Crippen molar-refractivity contribution >= 4 is 0 Å². The minimum absolute atomic E-state index is 0.170. The van der Waals surface area contributed by atoms with Gasteiger partial charge in [0.15, 0.2) is 0 Å². The van der Waals surface area contributed by atoms with Crippen LogP contribution in [0.25, 0.3) is 0 Å². The van der Waals surface area contributed by atoms with Crippen molar-refractivity contribution in [3.8, 4) is 0 Å². The van der Waals surface area contributed by atoms with E-state index in [4.69, 9.17) is 4.74 Å². The summed E-state index contributed by atoms with van der Waals surface area (Å²) >= 11 is 0. The van der Waals surface area contributed by atoms with Crippen LogP contribution in [0.3, 0.4) is 0 Å². The molecule has 0 aromatic carbocycles. The fraction of sp³-hybridized carbons (Fsp3) is 0.818. The van der Waals surface area contributed by atoms with E-state index < -0.39 is 0 Å². The summed E-state index contributed by atoms with van der Waals surface area (Å²) in [6.45, 7) is 16.0. The van der Waals surface area contributed by atoms with E-state index in [0.29, 0.717) is 0 Å². The van der Waals surface area contributed by atoms with Crippen molar-refractivity contribution in [3.63, 3.8) is 0 Å². The van der Waals surface area contributed by atoms with Gasteiger partial charge in [-0.15, -0.1) is 0 Å². The summed E-state index contributed by atoms with van der Waals surface area (Å²) in [5.74, 6) is 0. The van der Waals surface area contributed by atoms with Gasteiger partial charge in [-0.2, -0.15) is 0 Å². The Labute approximate surface area is 82.4 Å². The molecule has 13 heavy (non-hydrogen) atoms. The van der Waals surface area contributed by atoms with Crippen LogP contribution in [0.1, 0.15) is 34.6 Å². The average Bonchev–Trinajstić information content (AvgIpc) is 1.99. The van der Waals surface area contributed by atoms with Crippen molar-refractivity contribution in [1.29, 1.82) is 0 Å². The summed E-state index contributed by atoms with van der Waals surface area (Å²) in [6.07, 6.45) is 0. The molecule has 0 aliphatic heterocycles. The number of hydrogen-bond donors (Lipinski definition) is 1. The van der Waals surface area contributed by atoms with Crippen LogP contribution in [0.2, 0.25) is 0 Å². The third-order valence-electron chi connectivity index (χ3n) is 2.11. The van der Waals surface area contributed by atoms with Crippen molar-refractivity contribution in [2.24, 2.45) is 0 Å². The first-order valence-electron chi connectivity index (χ1n) is 4.98. The molecule has 0 aliphatic rings. The Hall–Kier alpha value is -0.340. The summed E-state index contributed by atoms with van der Waals surface area (Å²) < 4.78 is 5.68. The molecule has 0 bridgehead atoms. The quantitative estimate of drug-likeness (QED) is 0.641. The molecular formula is C11H23NO. The van der Waals surface area contributed by atoms with Gasteiger partial charge in [-0.05, 0) is 34.2 Å². The van der Waals surface area contributed by atoms with Gasteiger partial charge in [0.05, 0.1) is 11.6 Å². The van der Waals surface area contributed by atoms with E-state index in [9.17, 15) is 0 Å². The molecule has 0 aromatic heterocycles. The maximum atomic E-state index is 5.68. The summed E-state index contributed by atoms with van der Waals surface area (Å²) in [6, 6.07) is 0.234. The molecule has 0 saturated heterocycles. The van der Waals surface area contributed by atoms with Gasteiger partial charge in [-0.25, -0.2) is 0 Å². The van der Waals surface area contributed by atoms with Crippen molar-refractivity contribution in [2.45, 2.75) is 46.3 Å². The predicted octanol–water partition coefficient (Wildman–Crippen LogP) is 2.36. The monoisotopic (exact) mass is 185 g/mol. The predicted molar refractivity (Wildman–Crippen MR) is 58.0 cm³/mol. The standard InChI is InChI=1S/C11H23NO/c1-7-12-10(9(3)4)11(5,6)13-8-2/h10,12H,3,7-8H2,1-2,4-6H3. The normalized spacial score (nSPS) is 14.2. The van der Waals surface area contributed by atoms with E-state index in [2.05, 4.69) is 32.7 Å². The molecule has 0 spiro atoms. The SMILES string of the molecule is C=C(C)C(NCC)C(C)(C)OCC. The summed E-state index contributed by atoms with van der Waals surface area (Å²) in [7, 11) is 0. The van der Waals surface area contributed by atoms with E-state index in [1.54, 1.807) is 0 Å². The topological polar surface area (TPSA) is 21.3 Å². The van der Waals surface area contributed by atoms with Gasteiger partial charge in [0, 0.05) is 6.61 Å². The van der Waals surface area contributed by atoms with Gasteiger partial charge >= 0.3 is 0 Å². The summed E-state index contributed by atoms with van der Waals surface area (Å²) in [5, 5.41) is 3.38. The fourth-order valence-corrected chi connectivity index (χ4v) is 1.67. The van der Waals surface area contributed by atoms with Crippen molar-refractivity contribution in [2.75, 3.05) is 13.2 Å². The third kappa shape index (κ3) is 3.92. The molecule has 2 heteroatoms. The molecule has 0 fully saturated rings. The number of ether oxygens (including phenoxy) is 1. The van der Waals surface area contributed by atoms with Crippen LogP contribution in [-0.2, 0) is 4.74 Å². The summed E-state index contributed by atoms with van der Waals surface area (Å²) in [5.41, 5.74) is 0.955. The number of rotatable bonds is 6. The van der Waals surface area contributed by atoms with E-state index >= 15 is 0 Å². The van der Waals surface area contributed by atoms with Crippen LogP contribution in [0, 0.1) is 0 Å². The highest BCUT2D eigenvalue weighted by atomic mass is 16.5. The molecular weight excluding hydrogens is 162 g/mol. The molecule has 78 valence electrons. The number of likely N-dealkylation sites (N-methyl/N-ethyl adjacent to an activating group) is 1. The van der Waals surface area contributed by atoms with Crippen molar-refractivity contribution in [3.05, 3.63) is 12.2 Å². The minimum atomic E-state index is -0.170. The van der Waals surface area contributed by atoms with Crippen molar-refractivity contribution < 1.29 is 4.74 Å². The first-order valence-corrected chi connectivity index (χ1v) is 4.98. The molecule has 0 heterocycles. The second-order valence-corrected chi connectivity index (χ2v) is 3.87. The van der Waals surface area contributed by atoms with Gasteiger partial charge < -0.3 is 10.1 Å². The lowest BCUT2D eigenvalue weighted by molar-refractivity contribution is -0.0288. The van der Waals surface area contributed by atoms with Crippen LogP contribution >= 0.6 is 0 Å². The zero-order valence-electron chi connectivity index (χ0n) is 9.61. The Balaban J connectivity index is 4.41. The fourth-order valence-electron chi connectivity index (χ4n) is 1.67. The van der Waals surface area contributed by atoms with Crippen LogP contribution in [-0.4, -0.2) is 24.8 Å². The highest BCUT2D eigenvalue weighted by Crippen LogP contribution is 2.19. The van der Waals surface area contributed by atoms with E-state index in [1.165, 1.54) is 0 Å². The summed E-state index contributed by atoms with van der Waals surface area (Å²) in [4.78, 5) is 0. The van der Waals surface area contributed by atoms with Gasteiger partial charge in [0.2, 0.25) is 0 Å². The maximum absolute atomic E-state index is 5.68. The van der Waals surface area contributed by atoms with E-state index in [-0.39, 0.29) is 11.6 Å². The Kier molecular flexibility index (Phi) is 5.26. The lowest BCUT2D eigenvalue weighted by Gasteiger charge is -2.35.